The number of nitrogens with zero attached hydrogens (tertiary/aromatic N) is 1. The molecular weight excluding hydrogens is 245 g/mol. The van der Waals surface area contributed by atoms with Crippen molar-refractivity contribution in [1.82, 2.24) is 10.3 Å². The number of alkyl halides is 3. The minimum atomic E-state index is -4.37. The van der Waals surface area contributed by atoms with Gasteiger partial charge in [-0.05, 0) is 31.5 Å². The zero-order valence-electron chi connectivity index (χ0n) is 9.80. The Hall–Kier alpha value is -1.14. The summed E-state index contributed by atoms with van der Waals surface area (Å²) >= 11 is 0. The Kier molecular flexibility index (Phi) is 3.59. The van der Waals surface area contributed by atoms with Crippen LogP contribution < -0.4 is 5.32 Å². The molecule has 1 fully saturated rings. The molecule has 0 saturated carbocycles. The zero-order valence-corrected chi connectivity index (χ0v) is 9.80. The second-order valence-electron chi connectivity index (χ2n) is 4.72. The normalized spacial score (nSPS) is 25.1. The largest absolute Gasteiger partial charge is 0.417 e. The van der Waals surface area contributed by atoms with Crippen molar-refractivity contribution >= 4 is 0 Å². The molecule has 1 aliphatic rings. The molecule has 6 heteroatoms. The van der Waals surface area contributed by atoms with E-state index < -0.39 is 17.3 Å². The maximum atomic E-state index is 12.4. The lowest BCUT2D eigenvalue weighted by molar-refractivity contribution is -0.137. The lowest BCUT2D eigenvalue weighted by atomic mass is 9.89. The van der Waals surface area contributed by atoms with Gasteiger partial charge in [-0.25, -0.2) is 0 Å². The number of hydrogen-bond donors (Lipinski definition) is 2. The number of hydrogen-bond acceptors (Lipinski definition) is 3. The number of piperidine rings is 1. The van der Waals surface area contributed by atoms with Crippen molar-refractivity contribution in [1.29, 1.82) is 0 Å². The predicted octanol–water partition coefficient (Wildman–Crippen LogP) is 1.76. The molecule has 3 nitrogen and oxygen atoms in total. The summed E-state index contributed by atoms with van der Waals surface area (Å²) < 4.78 is 37.1. The van der Waals surface area contributed by atoms with E-state index in [0.717, 1.165) is 25.2 Å². The summed E-state index contributed by atoms with van der Waals surface area (Å²) in [6.45, 7) is 1.32. The summed E-state index contributed by atoms with van der Waals surface area (Å²) in [4.78, 5) is 3.78. The maximum absolute atomic E-state index is 12.4. The van der Waals surface area contributed by atoms with Gasteiger partial charge in [0.2, 0.25) is 0 Å². The highest BCUT2D eigenvalue weighted by molar-refractivity contribution is 5.18. The number of nitrogens with one attached hydrogen (secondary N) is 1. The van der Waals surface area contributed by atoms with Crippen molar-refractivity contribution in [3.05, 3.63) is 29.6 Å². The van der Waals surface area contributed by atoms with Gasteiger partial charge >= 0.3 is 6.18 Å². The molecule has 0 bridgehead atoms. The summed E-state index contributed by atoms with van der Waals surface area (Å²) in [5.74, 6) is 0. The van der Waals surface area contributed by atoms with Crippen molar-refractivity contribution in [3.63, 3.8) is 0 Å². The SMILES string of the molecule is OC1(Cc2ccc(C(F)(F)F)cn2)CCCNC1. The number of rotatable bonds is 2. The average Bonchev–Trinajstić information content (AvgIpc) is 2.29. The van der Waals surface area contributed by atoms with Crippen molar-refractivity contribution in [2.45, 2.75) is 31.0 Å². The Morgan fingerprint density at radius 3 is 2.67 bits per heavy atom. The number of aromatic nitrogens is 1. The van der Waals surface area contributed by atoms with E-state index in [1.165, 1.54) is 6.07 Å². The summed E-state index contributed by atoms with van der Waals surface area (Å²) in [6, 6.07) is 2.33. The minimum Gasteiger partial charge on any atom is -0.388 e. The van der Waals surface area contributed by atoms with Crippen LogP contribution >= 0.6 is 0 Å². The van der Waals surface area contributed by atoms with Gasteiger partial charge in [0.25, 0.3) is 0 Å². The topological polar surface area (TPSA) is 45.2 Å². The van der Waals surface area contributed by atoms with Crippen LogP contribution in [0.4, 0.5) is 13.2 Å². The fraction of sp³-hybridized carbons (Fsp3) is 0.583. The first-order valence-corrected chi connectivity index (χ1v) is 5.84. The molecule has 0 spiro atoms. The van der Waals surface area contributed by atoms with Gasteiger partial charge in [0, 0.05) is 24.9 Å². The van der Waals surface area contributed by atoms with Crippen LogP contribution in [0.2, 0.25) is 0 Å². The van der Waals surface area contributed by atoms with Gasteiger partial charge in [-0.1, -0.05) is 0 Å². The van der Waals surface area contributed by atoms with Gasteiger partial charge in [-0.3, -0.25) is 4.98 Å². The Balaban J connectivity index is 2.06. The first kappa shape index (κ1) is 13.3. The summed E-state index contributed by atoms with van der Waals surface area (Å²) in [5, 5.41) is 13.3. The van der Waals surface area contributed by atoms with E-state index in [-0.39, 0.29) is 6.42 Å². The Morgan fingerprint density at radius 1 is 1.39 bits per heavy atom. The van der Waals surface area contributed by atoms with E-state index in [9.17, 15) is 18.3 Å². The van der Waals surface area contributed by atoms with Crippen LogP contribution in [-0.4, -0.2) is 28.8 Å². The molecule has 2 rings (SSSR count). The fourth-order valence-corrected chi connectivity index (χ4v) is 2.14. The molecule has 0 aromatic carbocycles. The molecule has 1 aromatic heterocycles. The maximum Gasteiger partial charge on any atom is 0.417 e. The Bertz CT molecular complexity index is 397. The number of pyridine rings is 1. The van der Waals surface area contributed by atoms with Gasteiger partial charge in [-0.15, -0.1) is 0 Å². The second kappa shape index (κ2) is 4.85. The van der Waals surface area contributed by atoms with Crippen molar-refractivity contribution in [2.75, 3.05) is 13.1 Å². The minimum absolute atomic E-state index is 0.276. The molecule has 1 unspecified atom stereocenters. The van der Waals surface area contributed by atoms with Gasteiger partial charge in [-0.2, -0.15) is 13.2 Å². The van der Waals surface area contributed by atoms with Gasteiger partial charge in [0.05, 0.1) is 11.2 Å². The van der Waals surface area contributed by atoms with Crippen molar-refractivity contribution < 1.29 is 18.3 Å². The van der Waals surface area contributed by atoms with Gasteiger partial charge in [0.1, 0.15) is 0 Å². The molecule has 0 radical (unpaired) electrons. The predicted molar refractivity (Wildman–Crippen MR) is 60.0 cm³/mol. The lowest BCUT2D eigenvalue weighted by Gasteiger charge is -2.32. The molecule has 1 atom stereocenters. The van der Waals surface area contributed by atoms with E-state index in [4.69, 9.17) is 0 Å². The molecule has 1 aromatic rings. The smallest absolute Gasteiger partial charge is 0.388 e. The summed E-state index contributed by atoms with van der Waals surface area (Å²) in [6.07, 6.45) is -1.78. The Morgan fingerprint density at radius 2 is 2.17 bits per heavy atom. The van der Waals surface area contributed by atoms with Crippen LogP contribution in [0.5, 0.6) is 0 Å². The second-order valence-corrected chi connectivity index (χ2v) is 4.72. The van der Waals surface area contributed by atoms with Crippen LogP contribution in [0.3, 0.4) is 0 Å². The average molecular weight is 260 g/mol. The van der Waals surface area contributed by atoms with E-state index in [1.807, 2.05) is 0 Å². The summed E-state index contributed by atoms with van der Waals surface area (Å²) in [7, 11) is 0. The van der Waals surface area contributed by atoms with Crippen LogP contribution in [0.15, 0.2) is 18.3 Å². The molecule has 1 aliphatic heterocycles. The van der Waals surface area contributed by atoms with E-state index in [1.54, 1.807) is 0 Å². The molecule has 2 heterocycles. The first-order chi connectivity index (χ1) is 8.39. The van der Waals surface area contributed by atoms with Crippen molar-refractivity contribution in [3.8, 4) is 0 Å². The monoisotopic (exact) mass is 260 g/mol. The Labute approximate surface area is 103 Å². The summed E-state index contributed by atoms with van der Waals surface area (Å²) in [5.41, 5.74) is -1.18. The fourth-order valence-electron chi connectivity index (χ4n) is 2.14. The molecule has 18 heavy (non-hydrogen) atoms. The zero-order chi connectivity index (χ0) is 13.2. The van der Waals surface area contributed by atoms with E-state index >= 15 is 0 Å². The van der Waals surface area contributed by atoms with E-state index in [2.05, 4.69) is 10.3 Å². The number of aliphatic hydroxyl groups is 1. The standard InChI is InChI=1S/C12H15F3N2O/c13-12(14,15)9-2-3-10(17-7-9)6-11(18)4-1-5-16-8-11/h2-3,7,16,18H,1,4-6,8H2. The highest BCUT2D eigenvalue weighted by Gasteiger charge is 2.32. The van der Waals surface area contributed by atoms with Gasteiger partial charge < -0.3 is 10.4 Å². The van der Waals surface area contributed by atoms with E-state index in [0.29, 0.717) is 18.7 Å². The van der Waals surface area contributed by atoms with Crippen molar-refractivity contribution in [2.24, 2.45) is 0 Å². The molecule has 1 saturated heterocycles. The van der Waals surface area contributed by atoms with Gasteiger partial charge in [0.15, 0.2) is 0 Å². The molecule has 100 valence electrons. The molecule has 2 N–H and O–H groups in total. The highest BCUT2D eigenvalue weighted by Crippen LogP contribution is 2.29. The number of halogens is 3. The molecular formula is C12H15F3N2O. The van der Waals surface area contributed by atoms with Crippen LogP contribution in [0, 0.1) is 0 Å². The van der Waals surface area contributed by atoms with Crippen LogP contribution in [0.25, 0.3) is 0 Å². The lowest BCUT2D eigenvalue weighted by Crippen LogP contribution is -2.47. The highest BCUT2D eigenvalue weighted by atomic mass is 19.4. The first-order valence-electron chi connectivity index (χ1n) is 5.84. The third-order valence-electron chi connectivity index (χ3n) is 3.11. The third-order valence-corrected chi connectivity index (χ3v) is 3.11. The molecule has 0 aliphatic carbocycles. The quantitative estimate of drug-likeness (QED) is 0.851. The van der Waals surface area contributed by atoms with Crippen LogP contribution in [-0.2, 0) is 12.6 Å². The number of β-amino-alcohol motifs (C(OH)–C–C–N with tert-alkyl or cyclic N) is 1. The molecule has 0 amide bonds. The van der Waals surface area contributed by atoms with Crippen LogP contribution in [0.1, 0.15) is 24.1 Å². The third kappa shape index (κ3) is 3.20.